The maximum atomic E-state index is 9.05. The molecule has 0 spiro atoms. The van der Waals surface area contributed by atoms with Crippen molar-refractivity contribution in [1.82, 2.24) is 4.98 Å². The lowest BCUT2D eigenvalue weighted by Crippen LogP contribution is -2.34. The van der Waals surface area contributed by atoms with Crippen molar-refractivity contribution in [3.05, 3.63) is 17.8 Å². The highest BCUT2D eigenvalue weighted by Crippen LogP contribution is 2.24. The summed E-state index contributed by atoms with van der Waals surface area (Å²) < 4.78 is 0. The monoisotopic (exact) mass is 227 g/mol. The maximum Gasteiger partial charge on any atom is 0.146 e. The van der Waals surface area contributed by atoms with Gasteiger partial charge < -0.3 is 10.6 Å². The molecule has 2 rings (SSSR count). The van der Waals surface area contributed by atoms with Crippen LogP contribution < -0.4 is 10.6 Å². The molecule has 0 unspecified atom stereocenters. The molecule has 1 fully saturated rings. The SMILES string of the molecule is N#Cc1cc(N)cnc1N1CCC(C#N)CC1. The maximum absolute atomic E-state index is 9.05. The van der Waals surface area contributed by atoms with Crippen molar-refractivity contribution in [1.29, 1.82) is 10.5 Å². The van der Waals surface area contributed by atoms with Gasteiger partial charge in [-0.2, -0.15) is 10.5 Å². The number of hydrogen-bond acceptors (Lipinski definition) is 5. The minimum atomic E-state index is 0.130. The second kappa shape index (κ2) is 4.71. The van der Waals surface area contributed by atoms with E-state index in [-0.39, 0.29) is 5.92 Å². The Morgan fingerprint density at radius 1 is 1.35 bits per heavy atom. The second-order valence-electron chi connectivity index (χ2n) is 4.14. The van der Waals surface area contributed by atoms with Gasteiger partial charge in [0.1, 0.15) is 11.9 Å². The van der Waals surface area contributed by atoms with Crippen LogP contribution >= 0.6 is 0 Å². The number of rotatable bonds is 1. The third-order valence-corrected chi connectivity index (χ3v) is 2.99. The number of nitriles is 2. The molecule has 17 heavy (non-hydrogen) atoms. The molecule has 1 aromatic heterocycles. The van der Waals surface area contributed by atoms with Crippen molar-refractivity contribution >= 4 is 11.5 Å². The Hall–Kier alpha value is -2.27. The molecule has 0 amide bonds. The first-order valence-corrected chi connectivity index (χ1v) is 5.54. The zero-order chi connectivity index (χ0) is 12.3. The molecule has 1 aliphatic rings. The highest BCUT2D eigenvalue weighted by Gasteiger charge is 2.21. The normalized spacial score (nSPS) is 16.2. The summed E-state index contributed by atoms with van der Waals surface area (Å²) in [6, 6.07) is 6.03. The van der Waals surface area contributed by atoms with Crippen molar-refractivity contribution < 1.29 is 0 Å². The molecule has 0 aliphatic carbocycles. The largest absolute Gasteiger partial charge is 0.397 e. The second-order valence-corrected chi connectivity index (χ2v) is 4.14. The van der Waals surface area contributed by atoms with E-state index in [2.05, 4.69) is 17.1 Å². The average molecular weight is 227 g/mol. The van der Waals surface area contributed by atoms with Crippen LogP contribution in [0.15, 0.2) is 12.3 Å². The van der Waals surface area contributed by atoms with Crippen molar-refractivity contribution in [3.8, 4) is 12.1 Å². The Morgan fingerprint density at radius 3 is 2.65 bits per heavy atom. The summed E-state index contributed by atoms with van der Waals surface area (Å²) in [7, 11) is 0. The van der Waals surface area contributed by atoms with Crippen LogP contribution in [0.4, 0.5) is 11.5 Å². The van der Waals surface area contributed by atoms with E-state index in [0.29, 0.717) is 17.1 Å². The van der Waals surface area contributed by atoms with E-state index < -0.39 is 0 Å². The van der Waals surface area contributed by atoms with Crippen LogP contribution in [0.25, 0.3) is 0 Å². The highest BCUT2D eigenvalue weighted by molar-refractivity contribution is 5.59. The van der Waals surface area contributed by atoms with Crippen molar-refractivity contribution in [2.24, 2.45) is 5.92 Å². The van der Waals surface area contributed by atoms with E-state index in [1.165, 1.54) is 0 Å². The first-order valence-electron chi connectivity index (χ1n) is 5.54. The van der Waals surface area contributed by atoms with Crippen LogP contribution in [0.1, 0.15) is 18.4 Å². The molecule has 0 saturated carbocycles. The molecule has 0 radical (unpaired) electrons. The molecule has 2 heterocycles. The van der Waals surface area contributed by atoms with Crippen molar-refractivity contribution in [2.75, 3.05) is 23.7 Å². The minimum absolute atomic E-state index is 0.130. The van der Waals surface area contributed by atoms with Gasteiger partial charge in [0, 0.05) is 19.0 Å². The number of nitrogens with zero attached hydrogens (tertiary/aromatic N) is 4. The molecule has 0 bridgehead atoms. The first kappa shape index (κ1) is 11.2. The fraction of sp³-hybridized carbons (Fsp3) is 0.417. The van der Waals surface area contributed by atoms with Gasteiger partial charge in [-0.3, -0.25) is 0 Å². The summed E-state index contributed by atoms with van der Waals surface area (Å²) in [5, 5.41) is 17.9. The van der Waals surface area contributed by atoms with Gasteiger partial charge in [0.05, 0.1) is 23.5 Å². The zero-order valence-electron chi connectivity index (χ0n) is 9.43. The molecule has 1 aliphatic heterocycles. The lowest BCUT2D eigenvalue weighted by Gasteiger charge is -2.30. The smallest absolute Gasteiger partial charge is 0.146 e. The van der Waals surface area contributed by atoms with Crippen LogP contribution in [0.5, 0.6) is 0 Å². The van der Waals surface area contributed by atoms with Gasteiger partial charge in [0.15, 0.2) is 0 Å². The van der Waals surface area contributed by atoms with E-state index in [0.717, 1.165) is 25.9 Å². The fourth-order valence-electron chi connectivity index (χ4n) is 2.03. The fourth-order valence-corrected chi connectivity index (χ4v) is 2.03. The number of hydrogen-bond donors (Lipinski definition) is 1. The molecule has 5 heteroatoms. The van der Waals surface area contributed by atoms with Crippen LogP contribution in [0.2, 0.25) is 0 Å². The molecule has 0 atom stereocenters. The van der Waals surface area contributed by atoms with Crippen LogP contribution in [-0.4, -0.2) is 18.1 Å². The van der Waals surface area contributed by atoms with Crippen LogP contribution in [0, 0.1) is 28.6 Å². The first-order chi connectivity index (χ1) is 8.24. The Bertz CT molecular complexity index is 489. The molecule has 1 aromatic rings. The van der Waals surface area contributed by atoms with Gasteiger partial charge in [-0.15, -0.1) is 0 Å². The third kappa shape index (κ3) is 2.29. The zero-order valence-corrected chi connectivity index (χ0v) is 9.43. The van der Waals surface area contributed by atoms with Gasteiger partial charge in [0.2, 0.25) is 0 Å². The van der Waals surface area contributed by atoms with Gasteiger partial charge in [-0.1, -0.05) is 0 Å². The van der Waals surface area contributed by atoms with Crippen LogP contribution in [0.3, 0.4) is 0 Å². The lowest BCUT2D eigenvalue weighted by molar-refractivity contribution is 0.485. The average Bonchev–Trinajstić information content (AvgIpc) is 2.39. The van der Waals surface area contributed by atoms with E-state index >= 15 is 0 Å². The molecule has 86 valence electrons. The Balaban J connectivity index is 2.19. The number of aromatic nitrogens is 1. The van der Waals surface area contributed by atoms with Gasteiger partial charge >= 0.3 is 0 Å². The summed E-state index contributed by atoms with van der Waals surface area (Å²) in [5.41, 5.74) is 6.60. The highest BCUT2D eigenvalue weighted by atomic mass is 15.2. The molecular formula is C12H13N5. The quantitative estimate of drug-likeness (QED) is 0.780. The van der Waals surface area contributed by atoms with Crippen molar-refractivity contribution in [2.45, 2.75) is 12.8 Å². The molecule has 1 saturated heterocycles. The summed E-state index contributed by atoms with van der Waals surface area (Å²) >= 11 is 0. The summed E-state index contributed by atoms with van der Waals surface area (Å²) in [6.45, 7) is 1.54. The Labute approximate surface area is 100 Å². The summed E-state index contributed by atoms with van der Waals surface area (Å²) in [5.74, 6) is 0.809. The molecule has 5 nitrogen and oxygen atoms in total. The van der Waals surface area contributed by atoms with E-state index in [1.807, 2.05) is 4.90 Å². The van der Waals surface area contributed by atoms with E-state index in [1.54, 1.807) is 12.3 Å². The Morgan fingerprint density at radius 2 is 2.06 bits per heavy atom. The summed E-state index contributed by atoms with van der Waals surface area (Å²) in [6.07, 6.45) is 3.22. The number of nitrogens with two attached hydrogens (primary N) is 1. The molecule has 2 N–H and O–H groups in total. The van der Waals surface area contributed by atoms with Crippen LogP contribution in [-0.2, 0) is 0 Å². The van der Waals surface area contributed by atoms with Gasteiger partial charge in [-0.05, 0) is 18.9 Å². The number of pyridine rings is 1. The predicted molar refractivity (Wildman–Crippen MR) is 63.9 cm³/mol. The molecular weight excluding hydrogens is 214 g/mol. The summed E-state index contributed by atoms with van der Waals surface area (Å²) in [4.78, 5) is 6.27. The van der Waals surface area contributed by atoms with Gasteiger partial charge in [0.25, 0.3) is 0 Å². The lowest BCUT2D eigenvalue weighted by atomic mass is 9.98. The predicted octanol–water partition coefficient (Wildman–Crippen LogP) is 1.28. The minimum Gasteiger partial charge on any atom is -0.397 e. The molecule has 0 aromatic carbocycles. The third-order valence-electron chi connectivity index (χ3n) is 2.99. The van der Waals surface area contributed by atoms with E-state index in [4.69, 9.17) is 16.3 Å². The number of piperidine rings is 1. The topological polar surface area (TPSA) is 89.7 Å². The van der Waals surface area contributed by atoms with Crippen molar-refractivity contribution in [3.63, 3.8) is 0 Å². The number of nitrogen functional groups attached to an aromatic ring is 1. The number of anilines is 2. The Kier molecular flexibility index (Phi) is 3.11. The standard InChI is InChI=1S/C12H13N5/c13-6-9-1-3-17(4-2-9)12-10(7-14)5-11(15)8-16-12/h5,8-9H,1-4,15H2. The van der Waals surface area contributed by atoms with E-state index in [9.17, 15) is 0 Å². The van der Waals surface area contributed by atoms with Gasteiger partial charge in [-0.25, -0.2) is 4.98 Å².